The highest BCUT2D eigenvalue weighted by molar-refractivity contribution is 7.21. The van der Waals surface area contributed by atoms with Crippen molar-refractivity contribution in [3.05, 3.63) is 88.3 Å². The molecule has 0 aliphatic heterocycles. The summed E-state index contributed by atoms with van der Waals surface area (Å²) in [4.78, 5) is 14.0. The van der Waals surface area contributed by atoms with Gasteiger partial charge in [-0.25, -0.2) is 0 Å². The number of methoxy groups -OCH3 is 2. The van der Waals surface area contributed by atoms with Crippen molar-refractivity contribution in [2.24, 2.45) is 0 Å². The molecular formula is C25H23NO3S. The van der Waals surface area contributed by atoms with Gasteiger partial charge in [-0.1, -0.05) is 48.0 Å². The molecule has 1 N–H and O–H groups in total. The molecule has 4 aromatic rings. The van der Waals surface area contributed by atoms with E-state index in [1.165, 1.54) is 22.5 Å². The smallest absolute Gasteiger partial charge is 0.266 e. The van der Waals surface area contributed by atoms with Gasteiger partial charge in [0.1, 0.15) is 11.5 Å². The lowest BCUT2D eigenvalue weighted by molar-refractivity contribution is 0.103. The molecule has 30 heavy (non-hydrogen) atoms. The Bertz CT molecular complexity index is 1170. The minimum atomic E-state index is -0.131. The second-order valence-electron chi connectivity index (χ2n) is 7.12. The molecule has 0 saturated heterocycles. The van der Waals surface area contributed by atoms with Crippen molar-refractivity contribution in [2.75, 3.05) is 19.5 Å². The van der Waals surface area contributed by atoms with Crippen LogP contribution >= 0.6 is 11.3 Å². The van der Waals surface area contributed by atoms with E-state index in [9.17, 15) is 4.79 Å². The van der Waals surface area contributed by atoms with E-state index in [0.717, 1.165) is 20.5 Å². The summed E-state index contributed by atoms with van der Waals surface area (Å²) in [5, 5.41) is 4.14. The van der Waals surface area contributed by atoms with Gasteiger partial charge in [-0.2, -0.15) is 0 Å². The van der Waals surface area contributed by atoms with E-state index in [2.05, 4.69) is 48.6 Å². The summed E-state index contributed by atoms with van der Waals surface area (Å²) in [5.41, 5.74) is 4.09. The van der Waals surface area contributed by atoms with Gasteiger partial charge in [-0.3, -0.25) is 4.79 Å². The van der Waals surface area contributed by atoms with Crippen LogP contribution in [0.4, 0.5) is 5.69 Å². The van der Waals surface area contributed by atoms with Crippen LogP contribution < -0.4 is 14.8 Å². The van der Waals surface area contributed by atoms with Crippen LogP contribution in [0.25, 0.3) is 10.1 Å². The predicted octanol–water partition coefficient (Wildman–Crippen LogP) is 6.07. The monoisotopic (exact) mass is 417 g/mol. The lowest BCUT2D eigenvalue weighted by atomic mass is 10.0. The predicted molar refractivity (Wildman–Crippen MR) is 123 cm³/mol. The zero-order valence-corrected chi connectivity index (χ0v) is 18.0. The number of carbonyl (C=O) groups excluding carboxylic acids is 1. The first-order valence-corrected chi connectivity index (χ1v) is 10.5. The summed E-state index contributed by atoms with van der Waals surface area (Å²) < 4.78 is 11.7. The Labute approximate surface area is 180 Å². The van der Waals surface area contributed by atoms with Crippen molar-refractivity contribution in [2.45, 2.75) is 13.3 Å². The van der Waals surface area contributed by atoms with Crippen LogP contribution in [0.5, 0.6) is 11.5 Å². The maximum Gasteiger partial charge on any atom is 0.266 e. The van der Waals surface area contributed by atoms with E-state index < -0.39 is 0 Å². The van der Waals surface area contributed by atoms with E-state index in [4.69, 9.17) is 9.47 Å². The molecule has 152 valence electrons. The molecule has 3 aromatic carbocycles. The van der Waals surface area contributed by atoms with Gasteiger partial charge in [0, 0.05) is 28.6 Å². The molecule has 0 bridgehead atoms. The van der Waals surface area contributed by atoms with Crippen LogP contribution in [-0.4, -0.2) is 20.1 Å². The lowest BCUT2D eigenvalue weighted by Gasteiger charge is -2.10. The van der Waals surface area contributed by atoms with Crippen LogP contribution in [-0.2, 0) is 6.42 Å². The van der Waals surface area contributed by atoms with Crippen LogP contribution in [0.3, 0.4) is 0 Å². The first-order valence-electron chi connectivity index (χ1n) is 9.67. The number of carbonyl (C=O) groups is 1. The number of rotatable bonds is 6. The summed E-state index contributed by atoms with van der Waals surface area (Å²) in [5.74, 6) is 1.12. The molecule has 1 amide bonds. The van der Waals surface area contributed by atoms with Crippen molar-refractivity contribution in [1.82, 2.24) is 0 Å². The SMILES string of the molecule is COc1cc(NC(=O)c2sc3ccccc3c2Cc2ccc(C)cc2)cc(OC)c1. The second-order valence-corrected chi connectivity index (χ2v) is 8.18. The van der Waals surface area contributed by atoms with Crippen molar-refractivity contribution in [3.8, 4) is 11.5 Å². The lowest BCUT2D eigenvalue weighted by Crippen LogP contribution is -2.12. The van der Waals surface area contributed by atoms with Gasteiger partial charge >= 0.3 is 0 Å². The largest absolute Gasteiger partial charge is 0.497 e. The van der Waals surface area contributed by atoms with E-state index >= 15 is 0 Å². The first-order chi connectivity index (χ1) is 14.6. The van der Waals surface area contributed by atoms with Gasteiger partial charge in [-0.15, -0.1) is 11.3 Å². The van der Waals surface area contributed by atoms with E-state index in [1.54, 1.807) is 32.4 Å². The molecule has 0 radical (unpaired) electrons. The van der Waals surface area contributed by atoms with Crippen molar-refractivity contribution >= 4 is 33.0 Å². The zero-order valence-electron chi connectivity index (χ0n) is 17.2. The second kappa shape index (κ2) is 8.59. The van der Waals surface area contributed by atoms with Crippen molar-refractivity contribution in [3.63, 3.8) is 0 Å². The molecule has 0 aliphatic carbocycles. The number of hydrogen-bond acceptors (Lipinski definition) is 4. The Balaban J connectivity index is 1.71. The summed E-state index contributed by atoms with van der Waals surface area (Å²) in [7, 11) is 3.18. The minimum Gasteiger partial charge on any atom is -0.497 e. The maximum absolute atomic E-state index is 13.3. The molecular weight excluding hydrogens is 394 g/mol. The molecule has 0 aliphatic rings. The van der Waals surface area contributed by atoms with Gasteiger partial charge in [-0.05, 0) is 35.9 Å². The average molecular weight is 418 g/mol. The normalized spacial score (nSPS) is 10.8. The van der Waals surface area contributed by atoms with E-state index in [-0.39, 0.29) is 5.91 Å². The molecule has 5 heteroatoms. The third-order valence-corrected chi connectivity index (χ3v) is 6.23. The number of amides is 1. The number of hydrogen-bond donors (Lipinski definition) is 1. The van der Waals surface area contributed by atoms with Gasteiger partial charge < -0.3 is 14.8 Å². The summed E-state index contributed by atoms with van der Waals surface area (Å²) in [6.07, 6.45) is 0.703. The molecule has 0 spiro atoms. The standard InChI is InChI=1S/C25H23NO3S/c1-16-8-10-17(11-9-16)12-22-21-6-4-5-7-23(21)30-24(22)25(27)26-18-13-19(28-2)15-20(14-18)29-3/h4-11,13-15H,12H2,1-3H3,(H,26,27). The molecule has 1 aromatic heterocycles. The minimum absolute atomic E-state index is 0.131. The maximum atomic E-state index is 13.3. The van der Waals surface area contributed by atoms with E-state index in [1.807, 2.05) is 12.1 Å². The fourth-order valence-electron chi connectivity index (χ4n) is 3.44. The number of thiophene rings is 1. The Kier molecular flexibility index (Phi) is 5.72. The Morgan fingerprint density at radius 1 is 0.933 bits per heavy atom. The number of aryl methyl sites for hydroxylation is 1. The number of anilines is 1. The molecule has 0 fully saturated rings. The number of ether oxygens (including phenoxy) is 2. The number of nitrogens with one attached hydrogen (secondary N) is 1. The van der Waals surface area contributed by atoms with Crippen molar-refractivity contribution < 1.29 is 14.3 Å². The topological polar surface area (TPSA) is 47.6 Å². The quantitative estimate of drug-likeness (QED) is 0.414. The highest BCUT2D eigenvalue weighted by atomic mass is 32.1. The Morgan fingerprint density at radius 2 is 1.60 bits per heavy atom. The molecule has 0 atom stereocenters. The van der Waals surface area contributed by atoms with Gasteiger partial charge in [0.05, 0.1) is 19.1 Å². The van der Waals surface area contributed by atoms with E-state index in [0.29, 0.717) is 23.6 Å². The first kappa shape index (κ1) is 20.0. The highest BCUT2D eigenvalue weighted by Gasteiger charge is 2.19. The van der Waals surface area contributed by atoms with Gasteiger partial charge in [0.25, 0.3) is 5.91 Å². The van der Waals surface area contributed by atoms with Gasteiger partial charge in [0.15, 0.2) is 0 Å². The van der Waals surface area contributed by atoms with Crippen LogP contribution in [0.15, 0.2) is 66.7 Å². The average Bonchev–Trinajstić information content (AvgIpc) is 3.13. The highest BCUT2D eigenvalue weighted by Crippen LogP contribution is 2.34. The van der Waals surface area contributed by atoms with Crippen molar-refractivity contribution in [1.29, 1.82) is 0 Å². The molecule has 0 saturated carbocycles. The molecule has 1 heterocycles. The summed E-state index contributed by atoms with van der Waals surface area (Å²) in [6, 6.07) is 22.0. The fraction of sp³-hybridized carbons (Fsp3) is 0.160. The number of benzene rings is 3. The molecule has 4 nitrogen and oxygen atoms in total. The zero-order chi connectivity index (χ0) is 21.1. The number of fused-ring (bicyclic) bond motifs is 1. The molecule has 0 unspecified atom stereocenters. The molecule has 4 rings (SSSR count). The summed E-state index contributed by atoms with van der Waals surface area (Å²) in [6.45, 7) is 2.07. The van der Waals surface area contributed by atoms with Gasteiger partial charge in [0.2, 0.25) is 0 Å². The summed E-state index contributed by atoms with van der Waals surface area (Å²) >= 11 is 1.52. The fourth-order valence-corrected chi connectivity index (χ4v) is 4.55. The van der Waals surface area contributed by atoms with Crippen LogP contribution in [0, 0.1) is 6.92 Å². The third-order valence-electron chi connectivity index (χ3n) is 5.02. The Hall–Kier alpha value is -3.31. The Morgan fingerprint density at radius 3 is 2.27 bits per heavy atom. The van der Waals surface area contributed by atoms with Crippen LogP contribution in [0.1, 0.15) is 26.4 Å². The van der Waals surface area contributed by atoms with Crippen LogP contribution in [0.2, 0.25) is 0 Å². The third kappa shape index (κ3) is 4.16.